The number of nitrogens with zero attached hydrogens (tertiary/aromatic N) is 1. The molecule has 0 saturated heterocycles. The molecule has 110 valence electrons. The summed E-state index contributed by atoms with van der Waals surface area (Å²) in [4.78, 5) is 14.4. The normalized spacial score (nSPS) is 22.4. The molecule has 1 saturated carbocycles. The van der Waals surface area contributed by atoms with Crippen molar-refractivity contribution in [3.05, 3.63) is 23.8 Å². The maximum atomic E-state index is 12.3. The minimum atomic E-state index is -0.0447. The van der Waals surface area contributed by atoms with Crippen LogP contribution in [0.3, 0.4) is 0 Å². The molecule has 1 aliphatic carbocycles. The number of carbonyl (C=O) groups excluding carboxylic acids is 1. The van der Waals surface area contributed by atoms with Gasteiger partial charge in [0.15, 0.2) is 0 Å². The van der Waals surface area contributed by atoms with Crippen molar-refractivity contribution in [2.24, 2.45) is 11.7 Å². The summed E-state index contributed by atoms with van der Waals surface area (Å²) in [5, 5.41) is 3.04. The lowest BCUT2D eigenvalue weighted by Gasteiger charge is -2.27. The second-order valence-corrected chi connectivity index (χ2v) is 5.94. The maximum Gasteiger partial charge on any atom is 0.229 e. The van der Waals surface area contributed by atoms with Gasteiger partial charge in [-0.15, -0.1) is 0 Å². The third-order valence-electron chi connectivity index (χ3n) is 4.14. The van der Waals surface area contributed by atoms with Gasteiger partial charge < -0.3 is 16.0 Å². The lowest BCUT2D eigenvalue weighted by Crippen LogP contribution is -2.40. The zero-order valence-electron chi connectivity index (χ0n) is 12.6. The van der Waals surface area contributed by atoms with Crippen molar-refractivity contribution in [2.75, 3.05) is 24.3 Å². The fourth-order valence-electron chi connectivity index (χ4n) is 2.78. The van der Waals surface area contributed by atoms with Gasteiger partial charge in [0.1, 0.15) is 0 Å². The summed E-state index contributed by atoms with van der Waals surface area (Å²) in [5.74, 6) is 0.0228. The Morgan fingerprint density at radius 2 is 2.00 bits per heavy atom. The molecule has 20 heavy (non-hydrogen) atoms. The summed E-state index contributed by atoms with van der Waals surface area (Å²) in [6, 6.07) is 6.07. The van der Waals surface area contributed by atoms with Crippen LogP contribution in [0.2, 0.25) is 0 Å². The van der Waals surface area contributed by atoms with Gasteiger partial charge in [-0.25, -0.2) is 0 Å². The Morgan fingerprint density at radius 1 is 1.30 bits per heavy atom. The fraction of sp³-hybridized carbons (Fsp3) is 0.562. The Morgan fingerprint density at radius 3 is 2.60 bits per heavy atom. The summed E-state index contributed by atoms with van der Waals surface area (Å²) in [6.45, 7) is 2.02. The highest BCUT2D eigenvalue weighted by Crippen LogP contribution is 2.26. The molecule has 1 aliphatic rings. The molecule has 1 aromatic carbocycles. The number of anilines is 2. The Kier molecular flexibility index (Phi) is 4.65. The number of hydrogen-bond donors (Lipinski definition) is 2. The summed E-state index contributed by atoms with van der Waals surface area (Å²) < 4.78 is 0. The molecule has 0 spiro atoms. The van der Waals surface area contributed by atoms with Crippen LogP contribution in [0.15, 0.2) is 18.2 Å². The summed E-state index contributed by atoms with van der Waals surface area (Å²) in [5.41, 5.74) is 9.17. The number of nitrogens with one attached hydrogen (secondary N) is 1. The van der Waals surface area contributed by atoms with Gasteiger partial charge in [0.25, 0.3) is 0 Å². The van der Waals surface area contributed by atoms with E-state index in [1.807, 2.05) is 33.2 Å². The van der Waals surface area contributed by atoms with Crippen molar-refractivity contribution in [3.63, 3.8) is 0 Å². The van der Waals surface area contributed by atoms with Crippen LogP contribution in [-0.2, 0) is 4.79 Å². The van der Waals surface area contributed by atoms with E-state index in [9.17, 15) is 4.79 Å². The van der Waals surface area contributed by atoms with Gasteiger partial charge in [-0.3, -0.25) is 4.79 Å². The number of amides is 1. The van der Waals surface area contributed by atoms with Crippen molar-refractivity contribution >= 4 is 17.3 Å². The van der Waals surface area contributed by atoms with E-state index in [1.165, 1.54) is 0 Å². The molecular formula is C16H25N3O. The first-order valence-corrected chi connectivity index (χ1v) is 7.33. The predicted molar refractivity (Wildman–Crippen MR) is 84.1 cm³/mol. The maximum absolute atomic E-state index is 12.3. The molecule has 2 unspecified atom stereocenters. The smallest absolute Gasteiger partial charge is 0.229 e. The molecule has 4 nitrogen and oxygen atoms in total. The van der Waals surface area contributed by atoms with Gasteiger partial charge in [-0.05, 0) is 43.5 Å². The SMILES string of the molecule is Cc1cc(N(C)C)ccc1NC(=O)C1CCCCC1N. The van der Waals surface area contributed by atoms with Crippen molar-refractivity contribution in [2.45, 2.75) is 38.6 Å². The van der Waals surface area contributed by atoms with Crippen LogP contribution in [0, 0.1) is 12.8 Å². The Labute approximate surface area is 121 Å². The van der Waals surface area contributed by atoms with Crippen LogP contribution in [0.5, 0.6) is 0 Å². The average molecular weight is 275 g/mol. The molecule has 4 heteroatoms. The largest absolute Gasteiger partial charge is 0.378 e. The van der Waals surface area contributed by atoms with Crippen LogP contribution in [0.4, 0.5) is 11.4 Å². The Balaban J connectivity index is 2.07. The molecule has 0 aromatic heterocycles. The lowest BCUT2D eigenvalue weighted by atomic mass is 9.84. The molecule has 0 bridgehead atoms. The third-order valence-corrected chi connectivity index (χ3v) is 4.14. The van der Waals surface area contributed by atoms with E-state index in [0.29, 0.717) is 0 Å². The topological polar surface area (TPSA) is 58.4 Å². The van der Waals surface area contributed by atoms with E-state index in [2.05, 4.69) is 16.3 Å². The molecule has 1 aromatic rings. The number of rotatable bonds is 3. The van der Waals surface area contributed by atoms with E-state index in [-0.39, 0.29) is 17.9 Å². The molecule has 0 heterocycles. The van der Waals surface area contributed by atoms with Crippen LogP contribution in [0.1, 0.15) is 31.2 Å². The van der Waals surface area contributed by atoms with Gasteiger partial charge in [-0.2, -0.15) is 0 Å². The number of carbonyl (C=O) groups is 1. The highest BCUT2D eigenvalue weighted by atomic mass is 16.1. The molecule has 1 fully saturated rings. The zero-order chi connectivity index (χ0) is 14.7. The minimum Gasteiger partial charge on any atom is -0.378 e. The predicted octanol–water partition coefficient (Wildman–Crippen LogP) is 2.52. The summed E-state index contributed by atoms with van der Waals surface area (Å²) >= 11 is 0. The molecular weight excluding hydrogens is 250 g/mol. The number of benzene rings is 1. The van der Waals surface area contributed by atoms with E-state index in [4.69, 9.17) is 5.73 Å². The molecule has 3 N–H and O–H groups in total. The van der Waals surface area contributed by atoms with Gasteiger partial charge in [0.05, 0.1) is 5.92 Å². The van der Waals surface area contributed by atoms with Crippen molar-refractivity contribution < 1.29 is 4.79 Å². The van der Waals surface area contributed by atoms with E-state index in [0.717, 1.165) is 42.6 Å². The summed E-state index contributed by atoms with van der Waals surface area (Å²) in [6.07, 6.45) is 4.10. The van der Waals surface area contributed by atoms with Crippen LogP contribution in [-0.4, -0.2) is 26.0 Å². The standard InChI is InChI=1S/C16H25N3O/c1-11-10-12(19(2)3)8-9-15(11)18-16(20)13-6-4-5-7-14(13)17/h8-10,13-14H,4-7,17H2,1-3H3,(H,18,20). The lowest BCUT2D eigenvalue weighted by molar-refractivity contribution is -0.121. The first-order valence-electron chi connectivity index (χ1n) is 7.33. The van der Waals surface area contributed by atoms with E-state index < -0.39 is 0 Å². The second kappa shape index (κ2) is 6.27. The van der Waals surface area contributed by atoms with Crippen molar-refractivity contribution in [1.29, 1.82) is 0 Å². The molecule has 0 aliphatic heterocycles. The third kappa shape index (κ3) is 3.31. The van der Waals surface area contributed by atoms with E-state index >= 15 is 0 Å². The number of aryl methyl sites for hydroxylation is 1. The first-order chi connectivity index (χ1) is 9.49. The molecule has 2 atom stereocenters. The Hall–Kier alpha value is -1.55. The number of nitrogens with two attached hydrogens (primary N) is 1. The Bertz CT molecular complexity index is 485. The fourth-order valence-corrected chi connectivity index (χ4v) is 2.78. The minimum absolute atomic E-state index is 0.00473. The molecule has 2 rings (SSSR count). The van der Waals surface area contributed by atoms with Gasteiger partial charge in [0, 0.05) is 31.5 Å². The summed E-state index contributed by atoms with van der Waals surface area (Å²) in [7, 11) is 4.02. The van der Waals surface area contributed by atoms with Crippen LogP contribution in [0.25, 0.3) is 0 Å². The second-order valence-electron chi connectivity index (χ2n) is 5.94. The molecule has 0 radical (unpaired) electrons. The van der Waals surface area contributed by atoms with Gasteiger partial charge >= 0.3 is 0 Å². The van der Waals surface area contributed by atoms with Crippen LogP contribution >= 0.6 is 0 Å². The highest BCUT2D eigenvalue weighted by molar-refractivity contribution is 5.94. The van der Waals surface area contributed by atoms with Crippen molar-refractivity contribution in [1.82, 2.24) is 0 Å². The highest BCUT2D eigenvalue weighted by Gasteiger charge is 2.28. The number of hydrogen-bond acceptors (Lipinski definition) is 3. The van der Waals surface area contributed by atoms with Crippen LogP contribution < -0.4 is 16.0 Å². The van der Waals surface area contributed by atoms with Gasteiger partial charge in [-0.1, -0.05) is 12.8 Å². The van der Waals surface area contributed by atoms with Gasteiger partial charge in [0.2, 0.25) is 5.91 Å². The molecule has 1 amide bonds. The van der Waals surface area contributed by atoms with Crippen molar-refractivity contribution in [3.8, 4) is 0 Å². The monoisotopic (exact) mass is 275 g/mol. The zero-order valence-corrected chi connectivity index (χ0v) is 12.6. The van der Waals surface area contributed by atoms with E-state index in [1.54, 1.807) is 0 Å². The first kappa shape index (κ1) is 14.9. The quantitative estimate of drug-likeness (QED) is 0.891. The average Bonchev–Trinajstić information content (AvgIpc) is 2.41.